The number of ether oxygens (including phenoxy) is 2. The molecule has 0 amide bonds. The number of carbonyl (C=O) groups excluding carboxylic acids is 1. The van der Waals surface area contributed by atoms with Gasteiger partial charge in [-0.05, 0) is 36.8 Å². The topological polar surface area (TPSA) is 53.4 Å². The molecule has 1 aromatic heterocycles. The van der Waals surface area contributed by atoms with Gasteiger partial charge in [-0.1, -0.05) is 6.58 Å². The molecule has 0 saturated carbocycles. The summed E-state index contributed by atoms with van der Waals surface area (Å²) in [5, 5.41) is 0. The highest BCUT2D eigenvalue weighted by atomic mass is 19.1. The van der Waals surface area contributed by atoms with Crippen molar-refractivity contribution in [2.75, 3.05) is 13.7 Å². The highest BCUT2D eigenvalue weighted by molar-refractivity contribution is 5.89. The monoisotopic (exact) mass is 290 g/mol. The van der Waals surface area contributed by atoms with Crippen LogP contribution in [0.2, 0.25) is 0 Å². The van der Waals surface area contributed by atoms with E-state index in [1.807, 2.05) is 0 Å². The minimum absolute atomic E-state index is 0.151. The SMILES string of the molecule is C=C(c1ccc(OC)cc1)n1cnc(F)c1C(=O)OCC. The second kappa shape index (κ2) is 6.21. The van der Waals surface area contributed by atoms with Crippen LogP contribution in [0.4, 0.5) is 4.39 Å². The summed E-state index contributed by atoms with van der Waals surface area (Å²) in [6, 6.07) is 7.01. The highest BCUT2D eigenvalue weighted by Gasteiger charge is 2.22. The predicted octanol–water partition coefficient (Wildman–Crippen LogP) is 2.73. The molecule has 0 radical (unpaired) electrons. The summed E-state index contributed by atoms with van der Waals surface area (Å²) in [5.74, 6) is -0.973. The molecule has 0 aliphatic heterocycles. The van der Waals surface area contributed by atoms with E-state index >= 15 is 0 Å². The van der Waals surface area contributed by atoms with E-state index in [1.165, 1.54) is 10.9 Å². The van der Waals surface area contributed by atoms with Gasteiger partial charge >= 0.3 is 5.97 Å². The highest BCUT2D eigenvalue weighted by Crippen LogP contribution is 2.21. The van der Waals surface area contributed by atoms with Gasteiger partial charge in [0, 0.05) is 5.70 Å². The van der Waals surface area contributed by atoms with Crippen LogP contribution in [0.15, 0.2) is 37.2 Å². The maximum Gasteiger partial charge on any atom is 0.360 e. The van der Waals surface area contributed by atoms with Crippen LogP contribution in [-0.4, -0.2) is 29.2 Å². The van der Waals surface area contributed by atoms with E-state index in [2.05, 4.69) is 11.6 Å². The van der Waals surface area contributed by atoms with Crippen molar-refractivity contribution in [1.29, 1.82) is 0 Å². The summed E-state index contributed by atoms with van der Waals surface area (Å²) in [6.45, 7) is 5.67. The third-order valence-electron chi connectivity index (χ3n) is 2.91. The van der Waals surface area contributed by atoms with E-state index in [0.29, 0.717) is 17.0 Å². The lowest BCUT2D eigenvalue weighted by molar-refractivity contribution is 0.0511. The molecule has 2 rings (SSSR count). The second-order valence-corrected chi connectivity index (χ2v) is 4.15. The number of imidazole rings is 1. The number of halogens is 1. The van der Waals surface area contributed by atoms with Crippen molar-refractivity contribution < 1.29 is 18.7 Å². The molecular formula is C15H15FN2O3. The molecule has 110 valence electrons. The van der Waals surface area contributed by atoms with Crippen LogP contribution in [0, 0.1) is 5.95 Å². The average Bonchev–Trinajstić information content (AvgIpc) is 2.88. The number of esters is 1. The lowest BCUT2D eigenvalue weighted by Gasteiger charge is -2.11. The van der Waals surface area contributed by atoms with Gasteiger partial charge in [-0.15, -0.1) is 0 Å². The molecule has 0 N–H and O–H groups in total. The zero-order valence-corrected chi connectivity index (χ0v) is 11.8. The first kappa shape index (κ1) is 14.8. The number of carbonyl (C=O) groups is 1. The van der Waals surface area contributed by atoms with Crippen LogP contribution >= 0.6 is 0 Å². The fraction of sp³-hybridized carbons (Fsp3) is 0.200. The molecule has 0 aliphatic carbocycles. The molecule has 0 saturated heterocycles. The van der Waals surface area contributed by atoms with Crippen molar-refractivity contribution in [1.82, 2.24) is 9.55 Å². The van der Waals surface area contributed by atoms with Gasteiger partial charge in [0.1, 0.15) is 12.1 Å². The minimum atomic E-state index is -0.886. The van der Waals surface area contributed by atoms with Crippen LogP contribution in [0.3, 0.4) is 0 Å². The average molecular weight is 290 g/mol. The predicted molar refractivity (Wildman–Crippen MR) is 75.6 cm³/mol. The lowest BCUT2D eigenvalue weighted by atomic mass is 10.1. The minimum Gasteiger partial charge on any atom is -0.497 e. The first-order valence-corrected chi connectivity index (χ1v) is 6.32. The molecule has 1 heterocycles. The van der Waals surface area contributed by atoms with Crippen LogP contribution in [0.5, 0.6) is 5.75 Å². The van der Waals surface area contributed by atoms with Gasteiger partial charge in [-0.2, -0.15) is 4.39 Å². The Kier molecular flexibility index (Phi) is 4.37. The van der Waals surface area contributed by atoms with Gasteiger partial charge < -0.3 is 9.47 Å². The smallest absolute Gasteiger partial charge is 0.360 e. The first-order chi connectivity index (χ1) is 10.1. The Balaban J connectivity index is 2.37. The second-order valence-electron chi connectivity index (χ2n) is 4.15. The fourth-order valence-electron chi connectivity index (χ4n) is 1.84. The molecule has 6 heteroatoms. The molecule has 0 bridgehead atoms. The fourth-order valence-corrected chi connectivity index (χ4v) is 1.84. The Morgan fingerprint density at radius 1 is 1.38 bits per heavy atom. The van der Waals surface area contributed by atoms with E-state index in [9.17, 15) is 9.18 Å². The molecule has 21 heavy (non-hydrogen) atoms. The summed E-state index contributed by atoms with van der Waals surface area (Å²) in [7, 11) is 1.56. The number of hydrogen-bond acceptors (Lipinski definition) is 4. The van der Waals surface area contributed by atoms with Gasteiger partial charge in [-0.25, -0.2) is 9.78 Å². The third-order valence-corrected chi connectivity index (χ3v) is 2.91. The van der Waals surface area contributed by atoms with E-state index < -0.39 is 11.9 Å². The molecule has 1 aromatic carbocycles. The van der Waals surface area contributed by atoms with Gasteiger partial charge in [0.2, 0.25) is 5.95 Å². The van der Waals surface area contributed by atoms with Crippen LogP contribution < -0.4 is 4.74 Å². The largest absolute Gasteiger partial charge is 0.497 e. The van der Waals surface area contributed by atoms with Crippen molar-refractivity contribution >= 4 is 11.7 Å². The van der Waals surface area contributed by atoms with E-state index in [-0.39, 0.29) is 12.3 Å². The van der Waals surface area contributed by atoms with Gasteiger partial charge in [-0.3, -0.25) is 4.57 Å². The normalized spacial score (nSPS) is 10.2. The number of benzene rings is 1. The number of aromatic nitrogens is 2. The first-order valence-electron chi connectivity index (χ1n) is 6.32. The van der Waals surface area contributed by atoms with Crippen LogP contribution in [0.1, 0.15) is 23.0 Å². The Morgan fingerprint density at radius 2 is 2.05 bits per heavy atom. The summed E-state index contributed by atoms with van der Waals surface area (Å²) < 4.78 is 24.9. The summed E-state index contributed by atoms with van der Waals surface area (Å²) >= 11 is 0. The van der Waals surface area contributed by atoms with Crippen molar-refractivity contribution in [2.24, 2.45) is 0 Å². The Hall–Kier alpha value is -2.63. The van der Waals surface area contributed by atoms with Gasteiger partial charge in [0.05, 0.1) is 13.7 Å². The maximum absolute atomic E-state index is 13.7. The molecule has 0 spiro atoms. The summed E-state index contributed by atoms with van der Waals surface area (Å²) in [5.41, 5.74) is 0.855. The van der Waals surface area contributed by atoms with Crippen molar-refractivity contribution in [2.45, 2.75) is 6.92 Å². The number of nitrogens with zero attached hydrogens (tertiary/aromatic N) is 2. The molecule has 0 atom stereocenters. The molecule has 0 aliphatic rings. The number of methoxy groups -OCH3 is 1. The Bertz CT molecular complexity index is 662. The molecule has 0 unspecified atom stereocenters. The Morgan fingerprint density at radius 3 is 2.62 bits per heavy atom. The standard InChI is InChI=1S/C15H15FN2O3/c1-4-21-15(19)13-14(16)17-9-18(13)10(2)11-5-7-12(20-3)8-6-11/h5-9H,2,4H2,1,3H3. The maximum atomic E-state index is 13.7. The quantitative estimate of drug-likeness (QED) is 0.795. The van der Waals surface area contributed by atoms with Crippen molar-refractivity contribution in [3.8, 4) is 5.75 Å². The van der Waals surface area contributed by atoms with Crippen LogP contribution in [-0.2, 0) is 4.74 Å². The molecular weight excluding hydrogens is 275 g/mol. The number of hydrogen-bond donors (Lipinski definition) is 0. The Labute approximate surface area is 121 Å². The molecule has 5 nitrogen and oxygen atoms in total. The zero-order valence-electron chi connectivity index (χ0n) is 11.8. The van der Waals surface area contributed by atoms with Crippen molar-refractivity contribution in [3.05, 3.63) is 54.4 Å². The van der Waals surface area contributed by atoms with Gasteiger partial charge in [0.25, 0.3) is 0 Å². The molecule has 2 aromatic rings. The van der Waals surface area contributed by atoms with E-state index in [0.717, 1.165) is 0 Å². The zero-order chi connectivity index (χ0) is 15.4. The van der Waals surface area contributed by atoms with E-state index in [4.69, 9.17) is 9.47 Å². The summed E-state index contributed by atoms with van der Waals surface area (Å²) in [6.07, 6.45) is 1.20. The lowest BCUT2D eigenvalue weighted by Crippen LogP contribution is -2.13. The van der Waals surface area contributed by atoms with Crippen molar-refractivity contribution in [3.63, 3.8) is 0 Å². The van der Waals surface area contributed by atoms with Gasteiger partial charge in [0.15, 0.2) is 5.69 Å². The third kappa shape index (κ3) is 2.94. The van der Waals surface area contributed by atoms with E-state index in [1.54, 1.807) is 38.3 Å². The summed E-state index contributed by atoms with van der Waals surface area (Å²) in [4.78, 5) is 15.3. The number of rotatable bonds is 5. The molecule has 0 fully saturated rings. The van der Waals surface area contributed by atoms with Crippen LogP contribution in [0.25, 0.3) is 5.70 Å².